The lowest BCUT2D eigenvalue weighted by atomic mass is 10.1. The SMILES string of the molecule is CCNC(=NCc1cc(F)ccc1CS(C)(=O)=O)NCCc1c[nH]c2cc(F)ccc12.I. The van der Waals surface area contributed by atoms with Gasteiger partial charge in [0.1, 0.15) is 11.6 Å². The molecule has 3 N–H and O–H groups in total. The molecule has 0 amide bonds. The minimum absolute atomic E-state index is 0. The van der Waals surface area contributed by atoms with E-state index < -0.39 is 15.7 Å². The van der Waals surface area contributed by atoms with Crippen LogP contribution in [0.1, 0.15) is 23.6 Å². The summed E-state index contributed by atoms with van der Waals surface area (Å²) in [5.74, 6) is -0.337. The Balaban J connectivity index is 0.00000363. The van der Waals surface area contributed by atoms with Crippen molar-refractivity contribution in [2.24, 2.45) is 4.99 Å². The number of aliphatic imine (C=N–C) groups is 1. The summed E-state index contributed by atoms with van der Waals surface area (Å²) in [7, 11) is -3.25. The maximum Gasteiger partial charge on any atom is 0.191 e. The fourth-order valence-electron chi connectivity index (χ4n) is 3.35. The van der Waals surface area contributed by atoms with Crippen LogP contribution >= 0.6 is 24.0 Å². The van der Waals surface area contributed by atoms with E-state index in [0.717, 1.165) is 22.7 Å². The maximum atomic E-state index is 13.7. The molecule has 0 saturated carbocycles. The Kier molecular flexibility index (Phi) is 9.44. The van der Waals surface area contributed by atoms with E-state index in [1.807, 2.05) is 13.1 Å². The summed E-state index contributed by atoms with van der Waals surface area (Å²) in [4.78, 5) is 7.55. The Labute approximate surface area is 203 Å². The zero-order valence-corrected chi connectivity index (χ0v) is 21.1. The van der Waals surface area contributed by atoms with E-state index in [-0.39, 0.29) is 42.1 Å². The Morgan fingerprint density at radius 1 is 1.03 bits per heavy atom. The van der Waals surface area contributed by atoms with E-state index in [9.17, 15) is 17.2 Å². The Bertz CT molecular complexity index is 1200. The molecule has 0 aliphatic carbocycles. The number of rotatable bonds is 8. The summed E-state index contributed by atoms with van der Waals surface area (Å²) >= 11 is 0. The molecule has 3 aromatic rings. The van der Waals surface area contributed by atoms with Crippen molar-refractivity contribution in [1.82, 2.24) is 15.6 Å². The molecule has 0 saturated heterocycles. The highest BCUT2D eigenvalue weighted by Crippen LogP contribution is 2.19. The molecule has 6 nitrogen and oxygen atoms in total. The largest absolute Gasteiger partial charge is 0.361 e. The second-order valence-corrected chi connectivity index (χ2v) is 9.50. The molecule has 0 unspecified atom stereocenters. The minimum Gasteiger partial charge on any atom is -0.361 e. The van der Waals surface area contributed by atoms with Crippen LogP contribution in [0.25, 0.3) is 10.9 Å². The van der Waals surface area contributed by atoms with Crippen LogP contribution in [0.4, 0.5) is 8.78 Å². The van der Waals surface area contributed by atoms with Crippen molar-refractivity contribution in [2.75, 3.05) is 19.3 Å². The summed E-state index contributed by atoms with van der Waals surface area (Å²) < 4.78 is 50.4. The van der Waals surface area contributed by atoms with Crippen LogP contribution in [0.3, 0.4) is 0 Å². The molecule has 0 bridgehead atoms. The molecule has 0 fully saturated rings. The van der Waals surface area contributed by atoms with Gasteiger partial charge in [0, 0.05) is 36.4 Å². The number of guanidine groups is 1. The Hall–Kier alpha value is -2.21. The van der Waals surface area contributed by atoms with Crippen molar-refractivity contribution in [1.29, 1.82) is 0 Å². The van der Waals surface area contributed by atoms with Crippen LogP contribution in [-0.2, 0) is 28.6 Å². The zero-order valence-electron chi connectivity index (χ0n) is 17.9. The van der Waals surface area contributed by atoms with Crippen LogP contribution in [-0.4, -0.2) is 38.7 Å². The summed E-state index contributed by atoms with van der Waals surface area (Å²) in [6.07, 6.45) is 3.70. The molecule has 0 atom stereocenters. The Morgan fingerprint density at radius 3 is 2.47 bits per heavy atom. The van der Waals surface area contributed by atoms with Gasteiger partial charge in [0.15, 0.2) is 15.8 Å². The number of hydrogen-bond donors (Lipinski definition) is 3. The molecule has 32 heavy (non-hydrogen) atoms. The van der Waals surface area contributed by atoms with Gasteiger partial charge in [-0.15, -0.1) is 24.0 Å². The summed E-state index contributed by atoms with van der Waals surface area (Å²) in [5.41, 5.74) is 2.87. The van der Waals surface area contributed by atoms with Crippen LogP contribution in [0.15, 0.2) is 47.6 Å². The average molecular weight is 576 g/mol. The smallest absolute Gasteiger partial charge is 0.191 e. The molecular weight excluding hydrogens is 549 g/mol. The van der Waals surface area contributed by atoms with Crippen LogP contribution < -0.4 is 10.6 Å². The number of fused-ring (bicyclic) bond motifs is 1. The van der Waals surface area contributed by atoms with Crippen molar-refractivity contribution in [2.45, 2.75) is 25.6 Å². The minimum atomic E-state index is -3.25. The first-order valence-electron chi connectivity index (χ1n) is 9.98. The van der Waals surface area contributed by atoms with E-state index in [2.05, 4.69) is 20.6 Å². The van der Waals surface area contributed by atoms with Crippen LogP contribution in [0, 0.1) is 11.6 Å². The van der Waals surface area contributed by atoms with Crippen molar-refractivity contribution in [3.8, 4) is 0 Å². The van der Waals surface area contributed by atoms with Gasteiger partial charge in [-0.3, -0.25) is 0 Å². The molecule has 174 valence electrons. The summed E-state index contributed by atoms with van der Waals surface area (Å²) in [6.45, 7) is 3.29. The molecule has 10 heteroatoms. The van der Waals surface area contributed by atoms with E-state index in [1.54, 1.807) is 6.07 Å². The molecule has 2 aromatic carbocycles. The van der Waals surface area contributed by atoms with Crippen LogP contribution in [0.5, 0.6) is 0 Å². The third-order valence-electron chi connectivity index (χ3n) is 4.75. The molecular formula is C22H27F2IN4O2S. The number of aromatic nitrogens is 1. The quantitative estimate of drug-likeness (QED) is 0.216. The topological polar surface area (TPSA) is 86.3 Å². The molecule has 0 aliphatic heterocycles. The number of halogens is 3. The van der Waals surface area contributed by atoms with Gasteiger partial charge in [-0.1, -0.05) is 6.07 Å². The number of hydrogen-bond acceptors (Lipinski definition) is 3. The molecule has 1 aromatic heterocycles. The van der Waals surface area contributed by atoms with E-state index in [4.69, 9.17) is 0 Å². The summed E-state index contributed by atoms with van der Waals surface area (Å²) in [6, 6.07) is 8.71. The number of sulfone groups is 1. The maximum absolute atomic E-state index is 13.7. The van der Waals surface area contributed by atoms with Crippen LogP contribution in [0.2, 0.25) is 0 Å². The van der Waals surface area contributed by atoms with Crippen molar-refractivity contribution < 1.29 is 17.2 Å². The first kappa shape index (κ1) is 26.0. The van der Waals surface area contributed by atoms with Gasteiger partial charge < -0.3 is 15.6 Å². The fourth-order valence-corrected chi connectivity index (χ4v) is 4.20. The molecule has 0 radical (unpaired) electrons. The third kappa shape index (κ3) is 7.44. The third-order valence-corrected chi connectivity index (χ3v) is 5.59. The molecule has 3 rings (SSSR count). The second-order valence-electron chi connectivity index (χ2n) is 7.36. The first-order chi connectivity index (χ1) is 14.7. The lowest BCUT2D eigenvalue weighted by Crippen LogP contribution is -2.38. The standard InChI is InChI=1S/C22H26F2N4O2S.HI/c1-3-25-22(26-9-8-15-12-27-21-11-19(24)6-7-20(15)21)28-13-17-10-18(23)5-4-16(17)14-31(2,29)30;/h4-7,10-12,27H,3,8-9,13-14H2,1-2H3,(H2,25,26,28);1H. The predicted molar refractivity (Wildman–Crippen MR) is 135 cm³/mol. The zero-order chi connectivity index (χ0) is 22.4. The van der Waals surface area contributed by atoms with Gasteiger partial charge in [0.2, 0.25) is 0 Å². The molecule has 1 heterocycles. The number of aromatic amines is 1. The molecule has 0 spiro atoms. The number of nitrogens with one attached hydrogen (secondary N) is 3. The average Bonchev–Trinajstić information content (AvgIpc) is 3.09. The first-order valence-corrected chi connectivity index (χ1v) is 12.0. The van der Waals surface area contributed by atoms with Gasteiger partial charge in [-0.2, -0.15) is 0 Å². The number of nitrogens with zero attached hydrogens (tertiary/aromatic N) is 1. The normalized spacial score (nSPS) is 11.9. The van der Waals surface area contributed by atoms with Crippen molar-refractivity contribution in [3.05, 3.63) is 70.9 Å². The summed E-state index contributed by atoms with van der Waals surface area (Å²) in [5, 5.41) is 7.32. The number of benzene rings is 2. The predicted octanol–water partition coefficient (Wildman–Crippen LogP) is 3.91. The monoisotopic (exact) mass is 576 g/mol. The highest BCUT2D eigenvalue weighted by Gasteiger charge is 2.11. The van der Waals surface area contributed by atoms with Crippen molar-refractivity contribution in [3.63, 3.8) is 0 Å². The van der Waals surface area contributed by atoms with Gasteiger partial charge in [0.25, 0.3) is 0 Å². The second kappa shape index (κ2) is 11.6. The fraction of sp³-hybridized carbons (Fsp3) is 0.318. The molecule has 0 aliphatic rings. The van der Waals surface area contributed by atoms with E-state index >= 15 is 0 Å². The van der Waals surface area contributed by atoms with E-state index in [1.165, 1.54) is 30.3 Å². The van der Waals surface area contributed by atoms with Gasteiger partial charge in [0.05, 0.1) is 12.3 Å². The lowest BCUT2D eigenvalue weighted by molar-refractivity contribution is 0.600. The van der Waals surface area contributed by atoms with Gasteiger partial charge >= 0.3 is 0 Å². The lowest BCUT2D eigenvalue weighted by Gasteiger charge is -2.12. The van der Waals surface area contributed by atoms with Crippen molar-refractivity contribution >= 4 is 50.7 Å². The highest BCUT2D eigenvalue weighted by molar-refractivity contribution is 14.0. The van der Waals surface area contributed by atoms with Gasteiger partial charge in [-0.05, 0) is 60.4 Å². The van der Waals surface area contributed by atoms with E-state index in [0.29, 0.717) is 36.6 Å². The Morgan fingerprint density at radius 2 is 1.75 bits per heavy atom. The van der Waals surface area contributed by atoms with Gasteiger partial charge in [-0.25, -0.2) is 22.2 Å². The highest BCUT2D eigenvalue weighted by atomic mass is 127. The number of H-pyrrole nitrogens is 1.